The van der Waals surface area contributed by atoms with Gasteiger partial charge in [-0.2, -0.15) is 0 Å². The van der Waals surface area contributed by atoms with Gasteiger partial charge in [0.15, 0.2) is 0 Å². The summed E-state index contributed by atoms with van der Waals surface area (Å²) in [4.78, 5) is 2.58. The lowest BCUT2D eigenvalue weighted by atomic mass is 9.98. The lowest BCUT2D eigenvalue weighted by molar-refractivity contribution is 0.264. The van der Waals surface area contributed by atoms with Crippen molar-refractivity contribution in [1.29, 1.82) is 0 Å². The number of hydrogen-bond donors (Lipinski definition) is 1. The van der Waals surface area contributed by atoms with E-state index >= 15 is 0 Å². The fourth-order valence-electron chi connectivity index (χ4n) is 2.31. The molecule has 1 rings (SSSR count). The van der Waals surface area contributed by atoms with Gasteiger partial charge in [-0.25, -0.2) is 0 Å². The molecule has 0 aliphatic carbocycles. The standard InChI is InChI=1S/C13H26N2/c1-11(2)15-8-6-13(10-15)9-12(3)5-7-14-4/h11,13-14H,3,5-10H2,1-2,4H3. The summed E-state index contributed by atoms with van der Waals surface area (Å²) in [6, 6.07) is 0.709. The molecule has 0 bridgehead atoms. The second-order valence-electron chi connectivity index (χ2n) is 5.05. The zero-order chi connectivity index (χ0) is 11.3. The number of rotatable bonds is 6. The van der Waals surface area contributed by atoms with Gasteiger partial charge in [0.1, 0.15) is 0 Å². The van der Waals surface area contributed by atoms with Crippen LogP contribution in [0.1, 0.15) is 33.1 Å². The maximum Gasteiger partial charge on any atom is 0.00387 e. The van der Waals surface area contributed by atoms with E-state index in [2.05, 4.69) is 30.6 Å². The van der Waals surface area contributed by atoms with Crippen LogP contribution in [0.3, 0.4) is 0 Å². The summed E-state index contributed by atoms with van der Waals surface area (Å²) in [6.45, 7) is 12.4. The monoisotopic (exact) mass is 210 g/mol. The maximum absolute atomic E-state index is 4.17. The summed E-state index contributed by atoms with van der Waals surface area (Å²) in [6.07, 6.45) is 3.72. The highest BCUT2D eigenvalue weighted by Gasteiger charge is 2.24. The Kier molecular flexibility index (Phi) is 5.34. The fourth-order valence-corrected chi connectivity index (χ4v) is 2.31. The Balaban J connectivity index is 2.20. The second-order valence-corrected chi connectivity index (χ2v) is 5.05. The van der Waals surface area contributed by atoms with Gasteiger partial charge in [-0.3, -0.25) is 0 Å². The first-order valence-corrected chi connectivity index (χ1v) is 6.18. The summed E-state index contributed by atoms with van der Waals surface area (Å²) in [5.41, 5.74) is 1.42. The van der Waals surface area contributed by atoms with Crippen LogP contribution >= 0.6 is 0 Å². The molecule has 1 heterocycles. The molecule has 1 atom stereocenters. The molecule has 1 N–H and O–H groups in total. The predicted octanol–water partition coefficient (Wildman–Crippen LogP) is 2.27. The highest BCUT2D eigenvalue weighted by Crippen LogP contribution is 2.24. The van der Waals surface area contributed by atoms with Gasteiger partial charge >= 0.3 is 0 Å². The molecule has 1 saturated heterocycles. The van der Waals surface area contributed by atoms with Crippen molar-refractivity contribution in [3.05, 3.63) is 12.2 Å². The first kappa shape index (κ1) is 12.7. The quantitative estimate of drug-likeness (QED) is 0.677. The Hall–Kier alpha value is -0.340. The van der Waals surface area contributed by atoms with Crippen molar-refractivity contribution in [2.24, 2.45) is 5.92 Å². The van der Waals surface area contributed by atoms with E-state index in [1.165, 1.54) is 31.5 Å². The average Bonchev–Trinajstić information content (AvgIpc) is 2.63. The normalized spacial score (nSPS) is 22.5. The Labute approximate surface area is 94.7 Å². The van der Waals surface area contributed by atoms with Crippen LogP contribution in [0, 0.1) is 5.92 Å². The zero-order valence-corrected chi connectivity index (χ0v) is 10.6. The van der Waals surface area contributed by atoms with Crippen molar-refractivity contribution in [1.82, 2.24) is 10.2 Å². The molecule has 0 radical (unpaired) electrons. The molecule has 1 fully saturated rings. The highest BCUT2D eigenvalue weighted by atomic mass is 15.2. The van der Waals surface area contributed by atoms with E-state index in [-0.39, 0.29) is 0 Å². The van der Waals surface area contributed by atoms with Crippen LogP contribution in [0.15, 0.2) is 12.2 Å². The summed E-state index contributed by atoms with van der Waals surface area (Å²) < 4.78 is 0. The van der Waals surface area contributed by atoms with Crippen LogP contribution < -0.4 is 5.32 Å². The summed E-state index contributed by atoms with van der Waals surface area (Å²) in [5.74, 6) is 0.858. The molecule has 0 amide bonds. The molecule has 2 heteroatoms. The first-order valence-electron chi connectivity index (χ1n) is 6.18. The lowest BCUT2D eigenvalue weighted by Gasteiger charge is -2.20. The summed E-state index contributed by atoms with van der Waals surface area (Å²) in [5, 5.41) is 3.18. The Morgan fingerprint density at radius 2 is 2.27 bits per heavy atom. The third-order valence-corrected chi connectivity index (χ3v) is 3.35. The van der Waals surface area contributed by atoms with Crippen LogP contribution in [-0.4, -0.2) is 37.6 Å². The Morgan fingerprint density at radius 1 is 1.53 bits per heavy atom. The molecule has 1 aliphatic rings. The molecule has 0 aromatic carbocycles. The molecule has 2 nitrogen and oxygen atoms in total. The molecule has 15 heavy (non-hydrogen) atoms. The Bertz CT molecular complexity index is 199. The van der Waals surface area contributed by atoms with Gasteiger partial charge in [-0.1, -0.05) is 12.2 Å². The van der Waals surface area contributed by atoms with E-state index in [0.717, 1.165) is 18.9 Å². The predicted molar refractivity (Wildman–Crippen MR) is 67.1 cm³/mol. The van der Waals surface area contributed by atoms with E-state index in [1.807, 2.05) is 7.05 Å². The van der Waals surface area contributed by atoms with Gasteiger partial charge in [-0.15, -0.1) is 0 Å². The topological polar surface area (TPSA) is 15.3 Å². The van der Waals surface area contributed by atoms with Crippen molar-refractivity contribution in [3.8, 4) is 0 Å². The molecular formula is C13H26N2. The SMILES string of the molecule is C=C(CCNC)CC1CCN(C(C)C)C1. The van der Waals surface area contributed by atoms with Crippen LogP contribution in [0.4, 0.5) is 0 Å². The van der Waals surface area contributed by atoms with Crippen molar-refractivity contribution >= 4 is 0 Å². The van der Waals surface area contributed by atoms with Crippen molar-refractivity contribution in [2.75, 3.05) is 26.7 Å². The Morgan fingerprint density at radius 3 is 2.80 bits per heavy atom. The molecule has 1 unspecified atom stereocenters. The zero-order valence-electron chi connectivity index (χ0n) is 10.6. The smallest absolute Gasteiger partial charge is 0.00387 e. The average molecular weight is 210 g/mol. The molecule has 1 aliphatic heterocycles. The second kappa shape index (κ2) is 6.29. The van der Waals surface area contributed by atoms with Gasteiger partial charge in [0.25, 0.3) is 0 Å². The summed E-state index contributed by atoms with van der Waals surface area (Å²) >= 11 is 0. The van der Waals surface area contributed by atoms with Crippen LogP contribution in [-0.2, 0) is 0 Å². The van der Waals surface area contributed by atoms with Gasteiger partial charge in [0.05, 0.1) is 0 Å². The van der Waals surface area contributed by atoms with E-state index in [1.54, 1.807) is 0 Å². The minimum atomic E-state index is 0.709. The van der Waals surface area contributed by atoms with Crippen molar-refractivity contribution in [3.63, 3.8) is 0 Å². The molecule has 0 aromatic heterocycles. The number of likely N-dealkylation sites (tertiary alicyclic amines) is 1. The maximum atomic E-state index is 4.17. The lowest BCUT2D eigenvalue weighted by Crippen LogP contribution is -2.28. The third-order valence-electron chi connectivity index (χ3n) is 3.35. The molecule has 0 aromatic rings. The summed E-state index contributed by atoms with van der Waals surface area (Å²) in [7, 11) is 2.00. The van der Waals surface area contributed by atoms with Gasteiger partial charge in [0, 0.05) is 12.6 Å². The van der Waals surface area contributed by atoms with E-state index in [0.29, 0.717) is 6.04 Å². The third kappa shape index (κ3) is 4.35. The first-order chi connectivity index (χ1) is 7.13. The van der Waals surface area contributed by atoms with Crippen molar-refractivity contribution < 1.29 is 0 Å². The molecule has 0 spiro atoms. The minimum Gasteiger partial charge on any atom is -0.319 e. The van der Waals surface area contributed by atoms with E-state index < -0.39 is 0 Å². The van der Waals surface area contributed by atoms with Crippen molar-refractivity contribution in [2.45, 2.75) is 39.2 Å². The van der Waals surface area contributed by atoms with Gasteiger partial charge < -0.3 is 10.2 Å². The van der Waals surface area contributed by atoms with Crippen LogP contribution in [0.5, 0.6) is 0 Å². The van der Waals surface area contributed by atoms with Crippen LogP contribution in [0.25, 0.3) is 0 Å². The molecule has 88 valence electrons. The molecule has 0 saturated carbocycles. The molecular weight excluding hydrogens is 184 g/mol. The van der Waals surface area contributed by atoms with Gasteiger partial charge in [0.2, 0.25) is 0 Å². The number of nitrogens with one attached hydrogen (secondary N) is 1. The van der Waals surface area contributed by atoms with Gasteiger partial charge in [-0.05, 0) is 59.2 Å². The highest BCUT2D eigenvalue weighted by molar-refractivity contribution is 4.98. The van der Waals surface area contributed by atoms with Crippen LogP contribution in [0.2, 0.25) is 0 Å². The largest absolute Gasteiger partial charge is 0.319 e. The minimum absolute atomic E-state index is 0.709. The number of nitrogens with zero attached hydrogens (tertiary/aromatic N) is 1. The van der Waals surface area contributed by atoms with E-state index in [4.69, 9.17) is 0 Å². The number of hydrogen-bond acceptors (Lipinski definition) is 2. The van der Waals surface area contributed by atoms with E-state index in [9.17, 15) is 0 Å². The fraction of sp³-hybridized carbons (Fsp3) is 0.846.